The second-order valence-corrected chi connectivity index (χ2v) is 7.78. The SMILES string of the molecule is CCCCOCCCN1C(=O)C(Nc2cccc(OCC)c2)=C(c2ccc(C)cc2)C1=O. The molecule has 170 valence electrons. The van der Waals surface area contributed by atoms with Gasteiger partial charge in [0.15, 0.2) is 0 Å². The van der Waals surface area contributed by atoms with Crippen LogP contribution in [0.4, 0.5) is 5.69 Å². The number of aryl methyl sites for hydroxylation is 1. The number of hydrogen-bond donors (Lipinski definition) is 1. The van der Waals surface area contributed by atoms with Gasteiger partial charge >= 0.3 is 0 Å². The van der Waals surface area contributed by atoms with E-state index in [9.17, 15) is 9.59 Å². The molecule has 3 rings (SSSR count). The maximum Gasteiger partial charge on any atom is 0.278 e. The fourth-order valence-corrected chi connectivity index (χ4v) is 3.53. The summed E-state index contributed by atoms with van der Waals surface area (Å²) in [5, 5.41) is 3.19. The Morgan fingerprint density at radius 3 is 2.41 bits per heavy atom. The first kappa shape index (κ1) is 23.5. The predicted octanol–water partition coefficient (Wildman–Crippen LogP) is 4.79. The molecule has 0 fully saturated rings. The van der Waals surface area contributed by atoms with Crippen molar-refractivity contribution >= 4 is 23.1 Å². The average Bonchev–Trinajstić information content (AvgIpc) is 3.01. The molecule has 6 heteroatoms. The fraction of sp³-hybridized carbons (Fsp3) is 0.385. The van der Waals surface area contributed by atoms with Crippen LogP contribution >= 0.6 is 0 Å². The summed E-state index contributed by atoms with van der Waals surface area (Å²) in [5.74, 6) is 0.102. The molecule has 1 heterocycles. The van der Waals surface area contributed by atoms with E-state index in [4.69, 9.17) is 9.47 Å². The van der Waals surface area contributed by atoms with E-state index in [1.807, 2.05) is 62.4 Å². The topological polar surface area (TPSA) is 67.9 Å². The molecule has 0 unspecified atom stereocenters. The summed E-state index contributed by atoms with van der Waals surface area (Å²) >= 11 is 0. The van der Waals surface area contributed by atoms with Crippen molar-refractivity contribution in [2.45, 2.75) is 40.0 Å². The van der Waals surface area contributed by atoms with Crippen molar-refractivity contribution in [3.05, 3.63) is 65.4 Å². The highest BCUT2D eigenvalue weighted by atomic mass is 16.5. The summed E-state index contributed by atoms with van der Waals surface area (Å²) in [7, 11) is 0. The van der Waals surface area contributed by atoms with E-state index in [0.29, 0.717) is 55.5 Å². The Kier molecular flexibility index (Phi) is 8.45. The Labute approximate surface area is 190 Å². The van der Waals surface area contributed by atoms with E-state index in [-0.39, 0.29) is 11.8 Å². The van der Waals surface area contributed by atoms with E-state index in [1.54, 1.807) is 0 Å². The molecule has 32 heavy (non-hydrogen) atoms. The number of nitrogens with zero attached hydrogens (tertiary/aromatic N) is 1. The zero-order chi connectivity index (χ0) is 22.9. The van der Waals surface area contributed by atoms with Crippen molar-refractivity contribution < 1.29 is 19.1 Å². The standard InChI is InChI=1S/C26H32N2O4/c1-4-6-16-31-17-8-15-28-25(29)23(20-13-11-19(3)12-14-20)24(26(28)30)27-21-9-7-10-22(18-21)32-5-2/h7,9-14,18,27H,4-6,8,15-17H2,1-3H3. The molecule has 0 radical (unpaired) electrons. The third-order valence-corrected chi connectivity index (χ3v) is 5.24. The Morgan fingerprint density at radius 1 is 0.938 bits per heavy atom. The van der Waals surface area contributed by atoms with Crippen molar-refractivity contribution in [3.8, 4) is 5.75 Å². The summed E-state index contributed by atoms with van der Waals surface area (Å²) in [5.41, 5.74) is 3.19. The van der Waals surface area contributed by atoms with Crippen LogP contribution < -0.4 is 10.1 Å². The largest absolute Gasteiger partial charge is 0.494 e. The van der Waals surface area contributed by atoms with Gasteiger partial charge in [0.1, 0.15) is 11.4 Å². The molecule has 0 atom stereocenters. The average molecular weight is 437 g/mol. The van der Waals surface area contributed by atoms with Crippen LogP contribution in [0.3, 0.4) is 0 Å². The van der Waals surface area contributed by atoms with Gasteiger partial charge in [0, 0.05) is 31.5 Å². The van der Waals surface area contributed by atoms with E-state index in [0.717, 1.165) is 24.0 Å². The van der Waals surface area contributed by atoms with Gasteiger partial charge in [-0.3, -0.25) is 14.5 Å². The highest BCUT2D eigenvalue weighted by molar-refractivity contribution is 6.36. The Morgan fingerprint density at radius 2 is 1.69 bits per heavy atom. The molecular formula is C26H32N2O4. The van der Waals surface area contributed by atoms with Gasteiger partial charge in [-0.2, -0.15) is 0 Å². The molecule has 0 aliphatic carbocycles. The van der Waals surface area contributed by atoms with Gasteiger partial charge in [0.25, 0.3) is 11.8 Å². The quantitative estimate of drug-likeness (QED) is 0.383. The van der Waals surface area contributed by atoms with E-state index in [1.165, 1.54) is 4.90 Å². The first-order chi connectivity index (χ1) is 15.5. The molecule has 0 saturated heterocycles. The van der Waals surface area contributed by atoms with Gasteiger partial charge in [-0.05, 0) is 44.4 Å². The van der Waals surface area contributed by atoms with Crippen molar-refractivity contribution in [2.75, 3.05) is 31.7 Å². The minimum absolute atomic E-state index is 0.282. The van der Waals surface area contributed by atoms with Crippen LogP contribution in [-0.4, -0.2) is 43.1 Å². The Bertz CT molecular complexity index is 966. The molecule has 1 N–H and O–H groups in total. The second kappa shape index (κ2) is 11.5. The molecule has 6 nitrogen and oxygen atoms in total. The lowest BCUT2D eigenvalue weighted by molar-refractivity contribution is -0.137. The Hall–Kier alpha value is -3.12. The van der Waals surface area contributed by atoms with Gasteiger partial charge in [-0.15, -0.1) is 0 Å². The van der Waals surface area contributed by atoms with Crippen molar-refractivity contribution in [1.29, 1.82) is 0 Å². The smallest absolute Gasteiger partial charge is 0.278 e. The second-order valence-electron chi connectivity index (χ2n) is 7.78. The van der Waals surface area contributed by atoms with Crippen LogP contribution in [0.15, 0.2) is 54.2 Å². The molecule has 0 spiro atoms. The number of nitrogens with one attached hydrogen (secondary N) is 1. The fourth-order valence-electron chi connectivity index (χ4n) is 3.53. The zero-order valence-corrected chi connectivity index (χ0v) is 19.1. The monoisotopic (exact) mass is 436 g/mol. The van der Waals surface area contributed by atoms with Crippen molar-refractivity contribution in [2.24, 2.45) is 0 Å². The molecule has 0 aromatic heterocycles. The summed E-state index contributed by atoms with van der Waals surface area (Å²) in [6, 6.07) is 15.0. The molecule has 0 bridgehead atoms. The lowest BCUT2D eigenvalue weighted by atomic mass is 10.0. The number of anilines is 1. The molecule has 0 saturated carbocycles. The lowest BCUT2D eigenvalue weighted by Gasteiger charge is -2.15. The van der Waals surface area contributed by atoms with Gasteiger partial charge < -0.3 is 14.8 Å². The Balaban J connectivity index is 1.83. The minimum atomic E-state index is -0.319. The van der Waals surface area contributed by atoms with Crippen LogP contribution in [0, 0.1) is 6.92 Å². The van der Waals surface area contributed by atoms with Gasteiger partial charge in [-0.25, -0.2) is 0 Å². The number of unbranched alkanes of at least 4 members (excludes halogenated alkanes) is 1. The zero-order valence-electron chi connectivity index (χ0n) is 19.1. The normalized spacial score (nSPS) is 13.8. The van der Waals surface area contributed by atoms with Crippen LogP contribution in [0.1, 0.15) is 44.2 Å². The molecule has 2 aromatic rings. The van der Waals surface area contributed by atoms with Crippen LogP contribution in [-0.2, 0) is 14.3 Å². The number of ether oxygens (including phenoxy) is 2. The first-order valence-corrected chi connectivity index (χ1v) is 11.3. The van der Waals surface area contributed by atoms with Crippen LogP contribution in [0.25, 0.3) is 5.57 Å². The molecular weight excluding hydrogens is 404 g/mol. The van der Waals surface area contributed by atoms with E-state index in [2.05, 4.69) is 12.2 Å². The number of imide groups is 1. The summed E-state index contributed by atoms with van der Waals surface area (Å²) in [4.78, 5) is 27.9. The summed E-state index contributed by atoms with van der Waals surface area (Å²) in [6.45, 7) is 8.12. The van der Waals surface area contributed by atoms with E-state index >= 15 is 0 Å². The van der Waals surface area contributed by atoms with Gasteiger partial charge in [-0.1, -0.05) is 49.2 Å². The number of carbonyl (C=O) groups excluding carboxylic acids is 2. The number of hydrogen-bond acceptors (Lipinski definition) is 5. The number of carbonyl (C=O) groups is 2. The summed E-state index contributed by atoms with van der Waals surface area (Å²) < 4.78 is 11.2. The van der Waals surface area contributed by atoms with Crippen molar-refractivity contribution in [1.82, 2.24) is 4.90 Å². The predicted molar refractivity (Wildman–Crippen MR) is 126 cm³/mol. The van der Waals surface area contributed by atoms with Gasteiger partial charge in [0.05, 0.1) is 12.2 Å². The number of benzene rings is 2. The third-order valence-electron chi connectivity index (χ3n) is 5.24. The highest BCUT2D eigenvalue weighted by Crippen LogP contribution is 2.31. The van der Waals surface area contributed by atoms with Crippen molar-refractivity contribution in [3.63, 3.8) is 0 Å². The molecule has 1 aliphatic rings. The van der Waals surface area contributed by atoms with E-state index < -0.39 is 0 Å². The summed E-state index contributed by atoms with van der Waals surface area (Å²) in [6.07, 6.45) is 2.69. The highest BCUT2D eigenvalue weighted by Gasteiger charge is 2.38. The van der Waals surface area contributed by atoms with Crippen LogP contribution in [0.2, 0.25) is 0 Å². The maximum absolute atomic E-state index is 13.3. The van der Waals surface area contributed by atoms with Gasteiger partial charge in [0.2, 0.25) is 0 Å². The third kappa shape index (κ3) is 5.77. The lowest BCUT2D eigenvalue weighted by Crippen LogP contribution is -2.34. The molecule has 2 amide bonds. The first-order valence-electron chi connectivity index (χ1n) is 11.3. The minimum Gasteiger partial charge on any atom is -0.494 e. The van der Waals surface area contributed by atoms with Crippen LogP contribution in [0.5, 0.6) is 5.75 Å². The molecule has 2 aromatic carbocycles. The number of amides is 2. The maximum atomic E-state index is 13.3. The molecule has 1 aliphatic heterocycles. The number of rotatable bonds is 12.